The van der Waals surface area contributed by atoms with Gasteiger partial charge in [-0.25, -0.2) is 0 Å². The van der Waals surface area contributed by atoms with Crippen LogP contribution in [-0.4, -0.2) is 38.9 Å². The van der Waals surface area contributed by atoms with Gasteiger partial charge in [0.15, 0.2) is 12.4 Å². The summed E-state index contributed by atoms with van der Waals surface area (Å²) in [5.74, 6) is -0.556. The van der Waals surface area contributed by atoms with Gasteiger partial charge in [0.2, 0.25) is 0 Å². The Balaban J connectivity index is 2.52. The summed E-state index contributed by atoms with van der Waals surface area (Å²) < 4.78 is 7.20. The summed E-state index contributed by atoms with van der Waals surface area (Å²) in [5, 5.41) is 15.7. The molecule has 1 aromatic heterocycles. The van der Waals surface area contributed by atoms with E-state index in [1.807, 2.05) is 20.9 Å². The number of ether oxygens (including phenoxy) is 1. The van der Waals surface area contributed by atoms with E-state index in [1.54, 1.807) is 18.5 Å². The molecule has 118 valence electrons. The van der Waals surface area contributed by atoms with Crippen molar-refractivity contribution in [1.82, 2.24) is 15.1 Å². The second-order valence-electron chi connectivity index (χ2n) is 5.74. The first-order valence-electron chi connectivity index (χ1n) is 6.78. The first-order chi connectivity index (χ1) is 9.62. The normalized spacial score (nSPS) is 11.3. The molecule has 0 saturated carbocycles. The van der Waals surface area contributed by atoms with Crippen LogP contribution in [0.2, 0.25) is 0 Å². The van der Waals surface area contributed by atoms with Crippen molar-refractivity contribution in [2.45, 2.75) is 46.1 Å². The zero-order valence-electron chi connectivity index (χ0n) is 13.2. The molecule has 0 unspecified atom stereocenters. The molecule has 0 bridgehead atoms. The Morgan fingerprint density at radius 2 is 2.00 bits per heavy atom. The Morgan fingerprint density at radius 3 is 2.48 bits per heavy atom. The van der Waals surface area contributed by atoms with Gasteiger partial charge in [-0.15, -0.1) is 0 Å². The molecule has 21 heavy (non-hydrogen) atoms. The summed E-state index contributed by atoms with van der Waals surface area (Å²) in [6.07, 6.45) is 0.369. The third kappa shape index (κ3) is 5.09. The number of carbonyl (C=O) groups is 2. The molecule has 0 atom stereocenters. The molecule has 7 nitrogen and oxygen atoms in total. The van der Waals surface area contributed by atoms with Gasteiger partial charge in [0, 0.05) is 19.0 Å². The van der Waals surface area contributed by atoms with Crippen molar-refractivity contribution in [3.63, 3.8) is 0 Å². The molecule has 0 fully saturated rings. The molecule has 0 aliphatic rings. The van der Waals surface area contributed by atoms with Gasteiger partial charge in [-0.3, -0.25) is 14.3 Å². The molecule has 2 N–H and O–H groups in total. The fraction of sp³-hybridized carbons (Fsp3) is 0.643. The summed E-state index contributed by atoms with van der Waals surface area (Å²) in [6, 6.07) is 0. The lowest BCUT2D eigenvalue weighted by Crippen LogP contribution is -2.45. The Morgan fingerprint density at radius 1 is 1.38 bits per heavy atom. The van der Waals surface area contributed by atoms with Crippen molar-refractivity contribution in [1.29, 1.82) is 0 Å². The smallest absolute Gasteiger partial charge is 0.303 e. The van der Waals surface area contributed by atoms with Gasteiger partial charge in [-0.05, 0) is 34.1 Å². The lowest BCUT2D eigenvalue weighted by atomic mass is 9.98. The number of aliphatic carboxylic acids is 1. The molecular formula is C14H23N3O4. The number of carbonyl (C=O) groups excluding carboxylic acids is 1. The zero-order valence-corrected chi connectivity index (χ0v) is 13.2. The Bertz CT molecular complexity index is 535. The summed E-state index contributed by atoms with van der Waals surface area (Å²) in [5.41, 5.74) is 0.996. The number of nitrogens with one attached hydrogen (secondary N) is 1. The van der Waals surface area contributed by atoms with Crippen LogP contribution < -0.4 is 10.1 Å². The molecule has 0 aliphatic carbocycles. The van der Waals surface area contributed by atoms with Gasteiger partial charge >= 0.3 is 5.97 Å². The second kappa shape index (κ2) is 6.60. The van der Waals surface area contributed by atoms with Crippen molar-refractivity contribution in [3.05, 3.63) is 11.4 Å². The third-order valence-electron chi connectivity index (χ3n) is 3.23. The van der Waals surface area contributed by atoms with E-state index in [2.05, 4.69) is 10.4 Å². The molecule has 7 heteroatoms. The molecule has 0 saturated heterocycles. The monoisotopic (exact) mass is 297 g/mol. The lowest BCUT2D eigenvalue weighted by molar-refractivity contribution is -0.138. The standard InChI is InChI=1S/C14H23N3O4/c1-9-13(10(2)17(5)16-9)21-8-11(18)15-14(3,4)7-6-12(19)20/h6-8H2,1-5H3,(H,15,18)(H,19,20). The predicted octanol–water partition coefficient (Wildman–Crippen LogP) is 1.18. The van der Waals surface area contributed by atoms with Crippen LogP contribution in [0.1, 0.15) is 38.1 Å². The van der Waals surface area contributed by atoms with Gasteiger partial charge in [0.25, 0.3) is 5.91 Å². The van der Waals surface area contributed by atoms with Crippen LogP contribution in [0.25, 0.3) is 0 Å². The van der Waals surface area contributed by atoms with Crippen LogP contribution in [-0.2, 0) is 16.6 Å². The number of nitrogens with zero attached hydrogens (tertiary/aromatic N) is 2. The number of amides is 1. The average molecular weight is 297 g/mol. The van der Waals surface area contributed by atoms with Crippen LogP contribution in [0.3, 0.4) is 0 Å². The van der Waals surface area contributed by atoms with Crippen molar-refractivity contribution in [2.24, 2.45) is 7.05 Å². The molecule has 1 amide bonds. The molecule has 1 rings (SSSR count). The van der Waals surface area contributed by atoms with E-state index in [9.17, 15) is 9.59 Å². The van der Waals surface area contributed by atoms with Crippen LogP contribution in [0, 0.1) is 13.8 Å². The first-order valence-corrected chi connectivity index (χ1v) is 6.78. The summed E-state index contributed by atoms with van der Waals surface area (Å²) in [6.45, 7) is 7.13. The second-order valence-corrected chi connectivity index (χ2v) is 5.74. The van der Waals surface area contributed by atoms with Gasteiger partial charge in [0.1, 0.15) is 5.69 Å². The number of hydrogen-bond acceptors (Lipinski definition) is 4. The summed E-state index contributed by atoms with van der Waals surface area (Å²) in [4.78, 5) is 22.5. The van der Waals surface area contributed by atoms with Crippen LogP contribution >= 0.6 is 0 Å². The maximum Gasteiger partial charge on any atom is 0.303 e. The van der Waals surface area contributed by atoms with Gasteiger partial charge in [-0.1, -0.05) is 0 Å². The minimum absolute atomic E-state index is 0.00889. The van der Waals surface area contributed by atoms with E-state index in [4.69, 9.17) is 9.84 Å². The van der Waals surface area contributed by atoms with Crippen LogP contribution in [0.5, 0.6) is 5.75 Å². The SMILES string of the molecule is Cc1nn(C)c(C)c1OCC(=O)NC(C)(C)CCC(=O)O. The molecule has 0 aliphatic heterocycles. The van der Waals surface area contributed by atoms with Gasteiger partial charge < -0.3 is 15.2 Å². The highest BCUT2D eigenvalue weighted by molar-refractivity contribution is 5.78. The highest BCUT2D eigenvalue weighted by Gasteiger charge is 2.22. The molecular weight excluding hydrogens is 274 g/mol. The maximum atomic E-state index is 11.9. The lowest BCUT2D eigenvalue weighted by Gasteiger charge is -2.25. The Hall–Kier alpha value is -2.05. The van der Waals surface area contributed by atoms with Crippen LogP contribution in [0.4, 0.5) is 0 Å². The minimum atomic E-state index is -0.879. The molecule has 1 aromatic rings. The van der Waals surface area contributed by atoms with Crippen molar-refractivity contribution in [3.8, 4) is 5.75 Å². The minimum Gasteiger partial charge on any atom is -0.481 e. The molecule has 0 spiro atoms. The van der Waals surface area contributed by atoms with E-state index in [1.165, 1.54) is 0 Å². The Kier molecular flexibility index (Phi) is 5.34. The van der Waals surface area contributed by atoms with E-state index < -0.39 is 11.5 Å². The Labute approximate surface area is 124 Å². The number of aromatic nitrogens is 2. The van der Waals surface area contributed by atoms with E-state index in [-0.39, 0.29) is 18.9 Å². The maximum absolute atomic E-state index is 11.9. The average Bonchev–Trinajstić information content (AvgIpc) is 2.58. The fourth-order valence-corrected chi connectivity index (χ4v) is 2.00. The number of carboxylic acid groups (broad SMARTS) is 1. The van der Waals surface area contributed by atoms with Gasteiger partial charge in [-0.2, -0.15) is 5.10 Å². The molecule has 0 radical (unpaired) electrons. The van der Waals surface area contributed by atoms with E-state index in [0.29, 0.717) is 12.2 Å². The van der Waals surface area contributed by atoms with Crippen molar-refractivity contribution in [2.75, 3.05) is 6.61 Å². The number of hydrogen-bond donors (Lipinski definition) is 2. The number of rotatable bonds is 7. The van der Waals surface area contributed by atoms with Gasteiger partial charge in [0.05, 0.1) is 5.69 Å². The van der Waals surface area contributed by atoms with Crippen molar-refractivity contribution >= 4 is 11.9 Å². The summed E-state index contributed by atoms with van der Waals surface area (Å²) >= 11 is 0. The highest BCUT2D eigenvalue weighted by Crippen LogP contribution is 2.21. The number of aryl methyl sites for hydroxylation is 2. The number of carboxylic acids is 1. The fourth-order valence-electron chi connectivity index (χ4n) is 2.00. The highest BCUT2D eigenvalue weighted by atomic mass is 16.5. The largest absolute Gasteiger partial charge is 0.481 e. The zero-order chi connectivity index (χ0) is 16.2. The predicted molar refractivity (Wildman–Crippen MR) is 77.3 cm³/mol. The molecule has 1 heterocycles. The van der Waals surface area contributed by atoms with E-state index >= 15 is 0 Å². The third-order valence-corrected chi connectivity index (χ3v) is 3.23. The van der Waals surface area contributed by atoms with E-state index in [0.717, 1.165) is 11.4 Å². The van der Waals surface area contributed by atoms with Crippen LogP contribution in [0.15, 0.2) is 0 Å². The van der Waals surface area contributed by atoms with Crippen molar-refractivity contribution < 1.29 is 19.4 Å². The quantitative estimate of drug-likeness (QED) is 0.788. The molecule has 0 aromatic carbocycles. The topological polar surface area (TPSA) is 93.5 Å². The first kappa shape index (κ1) is 17.0. The summed E-state index contributed by atoms with van der Waals surface area (Å²) in [7, 11) is 1.81.